The molecule has 0 aliphatic carbocycles. The quantitative estimate of drug-likeness (QED) is 0.641. The Balaban J connectivity index is 1.89. The van der Waals surface area contributed by atoms with Crippen molar-refractivity contribution in [3.05, 3.63) is 53.4 Å². The van der Waals surface area contributed by atoms with Crippen LogP contribution in [0.2, 0.25) is 0 Å². The average Bonchev–Trinajstić information content (AvgIpc) is 3.00. The lowest BCUT2D eigenvalue weighted by atomic mass is 9.71. The van der Waals surface area contributed by atoms with Gasteiger partial charge < -0.3 is 15.4 Å². The predicted octanol–water partition coefficient (Wildman–Crippen LogP) is 3.88. The number of benzene rings is 1. The molecule has 3 heterocycles. The van der Waals surface area contributed by atoms with Crippen molar-refractivity contribution in [3.63, 3.8) is 0 Å². The molecule has 142 valence electrons. The van der Waals surface area contributed by atoms with E-state index in [1.807, 2.05) is 27.0 Å². The summed E-state index contributed by atoms with van der Waals surface area (Å²) in [5.74, 6) is -2.05. The lowest BCUT2D eigenvalue weighted by molar-refractivity contribution is -0.0856. The normalized spacial score (nSPS) is 25.9. The van der Waals surface area contributed by atoms with Crippen LogP contribution < -0.4 is 5.32 Å². The van der Waals surface area contributed by atoms with Crippen LogP contribution in [-0.2, 0) is 5.60 Å². The van der Waals surface area contributed by atoms with E-state index >= 15 is 8.78 Å². The number of aliphatic hydroxyl groups is 1. The molecular formula is C21H23F2N3O. The SMILES string of the molecule is Cc1c[nH]c2nccc(-c3cc(F)c([C@@]4(O)[C@H](C)CNC[C@@H]4C)c(F)c3)c12. The molecule has 1 aliphatic rings. The molecule has 27 heavy (non-hydrogen) atoms. The van der Waals surface area contributed by atoms with E-state index in [4.69, 9.17) is 0 Å². The number of pyridine rings is 1. The fourth-order valence-corrected chi connectivity index (χ4v) is 4.38. The summed E-state index contributed by atoms with van der Waals surface area (Å²) >= 11 is 0. The highest BCUT2D eigenvalue weighted by molar-refractivity contribution is 5.95. The molecule has 0 spiro atoms. The molecule has 3 N–H and O–H groups in total. The van der Waals surface area contributed by atoms with Crippen LogP contribution in [0.4, 0.5) is 8.78 Å². The van der Waals surface area contributed by atoms with Gasteiger partial charge >= 0.3 is 0 Å². The highest BCUT2D eigenvalue weighted by Crippen LogP contribution is 2.43. The molecule has 0 saturated carbocycles. The Morgan fingerprint density at radius 3 is 2.41 bits per heavy atom. The summed E-state index contributed by atoms with van der Waals surface area (Å²) in [7, 11) is 0. The van der Waals surface area contributed by atoms with E-state index in [0.29, 0.717) is 29.9 Å². The molecular weight excluding hydrogens is 348 g/mol. The van der Waals surface area contributed by atoms with E-state index in [9.17, 15) is 5.11 Å². The molecule has 4 nitrogen and oxygen atoms in total. The monoisotopic (exact) mass is 371 g/mol. The van der Waals surface area contributed by atoms with Crippen molar-refractivity contribution in [1.29, 1.82) is 0 Å². The lowest BCUT2D eigenvalue weighted by Crippen LogP contribution is -2.53. The number of aromatic nitrogens is 2. The van der Waals surface area contributed by atoms with Crippen LogP contribution in [0.1, 0.15) is 25.0 Å². The van der Waals surface area contributed by atoms with Gasteiger partial charge in [0, 0.05) is 42.7 Å². The summed E-state index contributed by atoms with van der Waals surface area (Å²) in [6, 6.07) is 4.39. The lowest BCUT2D eigenvalue weighted by Gasteiger charge is -2.44. The van der Waals surface area contributed by atoms with E-state index in [1.54, 1.807) is 12.3 Å². The minimum atomic E-state index is -1.55. The van der Waals surface area contributed by atoms with Crippen LogP contribution in [0.15, 0.2) is 30.6 Å². The number of aryl methyl sites for hydroxylation is 1. The molecule has 3 aromatic rings. The molecule has 0 radical (unpaired) electrons. The van der Waals surface area contributed by atoms with Crippen molar-refractivity contribution < 1.29 is 13.9 Å². The smallest absolute Gasteiger partial charge is 0.138 e. The highest BCUT2D eigenvalue weighted by atomic mass is 19.1. The molecule has 4 rings (SSSR count). The van der Waals surface area contributed by atoms with Crippen molar-refractivity contribution in [2.24, 2.45) is 11.8 Å². The fourth-order valence-electron chi connectivity index (χ4n) is 4.38. The number of piperidine rings is 1. The second kappa shape index (κ2) is 6.39. The molecule has 3 atom stereocenters. The number of fused-ring (bicyclic) bond motifs is 1. The van der Waals surface area contributed by atoms with E-state index < -0.39 is 17.2 Å². The molecule has 0 bridgehead atoms. The van der Waals surface area contributed by atoms with E-state index in [1.165, 1.54) is 12.1 Å². The minimum Gasteiger partial charge on any atom is -0.384 e. The zero-order valence-corrected chi connectivity index (χ0v) is 15.6. The van der Waals surface area contributed by atoms with Gasteiger partial charge in [-0.25, -0.2) is 13.8 Å². The molecule has 0 amide bonds. The maximum absolute atomic E-state index is 15.2. The standard InChI is InChI=1S/C21H23F2N3O/c1-11-8-26-20-18(11)15(4-5-25-20)14-6-16(22)19(17(23)7-14)21(27)12(2)9-24-10-13(21)3/h4-8,12-13,24,27H,9-10H2,1-3H3,(H,25,26)/t12-,13+,21-. The Bertz CT molecular complexity index is 981. The molecule has 1 saturated heterocycles. The number of rotatable bonds is 2. The summed E-state index contributed by atoms with van der Waals surface area (Å²) in [4.78, 5) is 7.33. The minimum absolute atomic E-state index is 0.233. The summed E-state index contributed by atoms with van der Waals surface area (Å²) in [6.07, 6.45) is 3.44. The number of halogens is 2. The number of H-pyrrole nitrogens is 1. The summed E-state index contributed by atoms with van der Waals surface area (Å²) < 4.78 is 30.3. The van der Waals surface area contributed by atoms with Crippen LogP contribution in [0.25, 0.3) is 22.2 Å². The van der Waals surface area contributed by atoms with E-state index in [2.05, 4.69) is 15.3 Å². The first-order valence-electron chi connectivity index (χ1n) is 9.19. The Hall–Kier alpha value is -2.31. The Kier molecular flexibility index (Phi) is 4.28. The third-order valence-electron chi connectivity index (χ3n) is 5.93. The Morgan fingerprint density at radius 1 is 1.15 bits per heavy atom. The van der Waals surface area contributed by atoms with E-state index in [0.717, 1.165) is 10.9 Å². The molecule has 2 aromatic heterocycles. The number of aromatic amines is 1. The topological polar surface area (TPSA) is 60.9 Å². The molecule has 6 heteroatoms. The van der Waals surface area contributed by atoms with Gasteiger partial charge in [-0.05, 0) is 41.8 Å². The second-order valence-corrected chi connectivity index (χ2v) is 7.65. The van der Waals surface area contributed by atoms with Gasteiger partial charge in [-0.2, -0.15) is 0 Å². The molecule has 0 unspecified atom stereocenters. The maximum Gasteiger partial charge on any atom is 0.138 e. The number of hydrogen-bond acceptors (Lipinski definition) is 3. The molecule has 1 aromatic carbocycles. The Labute approximate surface area is 156 Å². The van der Waals surface area contributed by atoms with Gasteiger partial charge in [0.1, 0.15) is 22.9 Å². The van der Waals surface area contributed by atoms with Crippen molar-refractivity contribution in [2.45, 2.75) is 26.4 Å². The number of hydrogen-bond donors (Lipinski definition) is 3. The van der Waals surface area contributed by atoms with Crippen LogP contribution in [-0.4, -0.2) is 28.2 Å². The van der Waals surface area contributed by atoms with Crippen molar-refractivity contribution in [1.82, 2.24) is 15.3 Å². The Morgan fingerprint density at radius 2 is 1.78 bits per heavy atom. The molecule has 1 fully saturated rings. The van der Waals surface area contributed by atoms with E-state index in [-0.39, 0.29) is 17.4 Å². The van der Waals surface area contributed by atoms with Crippen LogP contribution >= 0.6 is 0 Å². The van der Waals surface area contributed by atoms with Gasteiger partial charge in [-0.1, -0.05) is 13.8 Å². The maximum atomic E-state index is 15.2. The third kappa shape index (κ3) is 2.66. The number of nitrogens with one attached hydrogen (secondary N) is 2. The fraction of sp³-hybridized carbons (Fsp3) is 0.381. The first-order valence-corrected chi connectivity index (χ1v) is 9.19. The van der Waals surface area contributed by atoms with Crippen LogP contribution in [0.3, 0.4) is 0 Å². The first-order chi connectivity index (χ1) is 12.8. The van der Waals surface area contributed by atoms with Crippen molar-refractivity contribution in [2.75, 3.05) is 13.1 Å². The summed E-state index contributed by atoms with van der Waals surface area (Å²) in [5.41, 5.74) is 0.994. The molecule has 1 aliphatic heterocycles. The van der Waals surface area contributed by atoms with Gasteiger partial charge in [0.25, 0.3) is 0 Å². The van der Waals surface area contributed by atoms with Gasteiger partial charge in [0.15, 0.2) is 0 Å². The van der Waals surface area contributed by atoms with Crippen LogP contribution in [0.5, 0.6) is 0 Å². The predicted molar refractivity (Wildman–Crippen MR) is 101 cm³/mol. The van der Waals surface area contributed by atoms with Gasteiger partial charge in [-0.3, -0.25) is 0 Å². The summed E-state index contributed by atoms with van der Waals surface area (Å²) in [5, 5.41) is 15.3. The highest BCUT2D eigenvalue weighted by Gasteiger charge is 2.46. The second-order valence-electron chi connectivity index (χ2n) is 7.65. The first kappa shape index (κ1) is 18.1. The summed E-state index contributed by atoms with van der Waals surface area (Å²) in [6.45, 7) is 6.56. The van der Waals surface area contributed by atoms with Crippen LogP contribution in [0, 0.1) is 30.4 Å². The van der Waals surface area contributed by atoms with Crippen molar-refractivity contribution in [3.8, 4) is 11.1 Å². The number of nitrogens with zero attached hydrogens (tertiary/aromatic N) is 1. The zero-order chi connectivity index (χ0) is 19.3. The van der Waals surface area contributed by atoms with Gasteiger partial charge in [-0.15, -0.1) is 0 Å². The average molecular weight is 371 g/mol. The largest absolute Gasteiger partial charge is 0.384 e. The van der Waals surface area contributed by atoms with Crippen molar-refractivity contribution >= 4 is 11.0 Å². The zero-order valence-electron chi connectivity index (χ0n) is 15.6. The van der Waals surface area contributed by atoms with Gasteiger partial charge in [0.2, 0.25) is 0 Å². The van der Waals surface area contributed by atoms with Gasteiger partial charge in [0.05, 0.1) is 5.56 Å². The third-order valence-corrected chi connectivity index (χ3v) is 5.93.